The number of aryl methyl sites for hydroxylation is 1. The molecule has 4 aromatic rings. The zero-order chi connectivity index (χ0) is 24.5. The van der Waals surface area contributed by atoms with Crippen molar-refractivity contribution in [3.05, 3.63) is 48.2 Å². The summed E-state index contributed by atoms with van der Waals surface area (Å²) in [5.41, 5.74) is 8.40. The van der Waals surface area contributed by atoms with Gasteiger partial charge in [-0.1, -0.05) is 18.2 Å². The molecular weight excluding hydrogens is 456 g/mol. The molecule has 0 amide bonds. The van der Waals surface area contributed by atoms with Crippen LogP contribution >= 0.6 is 0 Å². The largest absolute Gasteiger partial charge is 0.399 e. The van der Waals surface area contributed by atoms with Crippen LogP contribution in [0.5, 0.6) is 0 Å². The molecule has 4 heterocycles. The Hall–Kier alpha value is -3.72. The summed E-state index contributed by atoms with van der Waals surface area (Å²) in [6.07, 6.45) is -1.08. The van der Waals surface area contributed by atoms with Gasteiger partial charge in [-0.25, -0.2) is 9.97 Å². The molecule has 0 bridgehead atoms. The van der Waals surface area contributed by atoms with Crippen molar-refractivity contribution in [2.45, 2.75) is 50.5 Å². The quantitative estimate of drug-likeness (QED) is 0.201. The van der Waals surface area contributed by atoms with Gasteiger partial charge in [0, 0.05) is 5.69 Å². The highest BCUT2D eigenvalue weighted by Crippen LogP contribution is 2.38. The van der Waals surface area contributed by atoms with Crippen LogP contribution < -0.4 is 11.1 Å². The second-order valence-corrected chi connectivity index (χ2v) is 8.25. The van der Waals surface area contributed by atoms with Crippen LogP contribution in [0.25, 0.3) is 11.2 Å². The van der Waals surface area contributed by atoms with Gasteiger partial charge >= 0.3 is 0 Å². The lowest BCUT2D eigenvalue weighted by Gasteiger charge is -2.18. The molecule has 0 radical (unpaired) electrons. The number of para-hydroxylation sites is 1. The van der Waals surface area contributed by atoms with Crippen molar-refractivity contribution in [3.8, 4) is 0 Å². The van der Waals surface area contributed by atoms with Crippen LogP contribution in [0.15, 0.2) is 36.8 Å². The topological polar surface area (TPSA) is 195 Å². The van der Waals surface area contributed by atoms with Gasteiger partial charge in [0.2, 0.25) is 11.8 Å². The molecule has 14 heteroatoms. The predicted molar refractivity (Wildman–Crippen MR) is 123 cm³/mol. The maximum atomic E-state index is 10.7. The van der Waals surface area contributed by atoms with Crippen molar-refractivity contribution >= 4 is 22.8 Å². The lowest BCUT2D eigenvalue weighted by Crippen LogP contribution is -2.29. The minimum Gasteiger partial charge on any atom is -0.399 e. The number of aliphatic hydroxyl groups is 3. The average Bonchev–Trinajstić information content (AvgIpc) is 3.58. The lowest BCUT2D eigenvalue weighted by molar-refractivity contribution is -0.0384. The first-order chi connectivity index (χ1) is 17.0. The number of benzene rings is 1. The third-order valence-corrected chi connectivity index (χ3v) is 5.91. The van der Waals surface area contributed by atoms with E-state index in [-0.39, 0.29) is 24.4 Å². The van der Waals surface area contributed by atoms with Crippen molar-refractivity contribution in [2.24, 2.45) is 0 Å². The number of aliphatic hydroxyl groups excluding tert-OH is 3. The normalized spacial score (nSPS) is 23.1. The van der Waals surface area contributed by atoms with Gasteiger partial charge in [0.25, 0.3) is 0 Å². The summed E-state index contributed by atoms with van der Waals surface area (Å²) in [7, 11) is 0. The molecule has 5 rings (SSSR count). The SMILES string of the molecule is CCn1nnc([C@H]2O[C@@H](n3cnc4cnc(NC(CO)Cc5ccccc5N)nc43)[C@H](O)[C@@H]2O)n1. The monoisotopic (exact) mass is 482 g/mol. The molecule has 14 nitrogen and oxygen atoms in total. The maximum absolute atomic E-state index is 10.7. The fourth-order valence-corrected chi connectivity index (χ4v) is 4.02. The minimum atomic E-state index is -1.29. The standard InChI is InChI=1S/C21H26N10O4/c1-2-31-28-18(27-29-31)17-15(33)16(34)20(35-17)30-10-24-14-8-23-21(26-19(14)30)25-12(9-32)7-11-5-3-4-6-13(11)22/h3-6,8,10,12,15-17,20,32-34H,2,7,9,22H2,1H3,(H,23,25,26)/t12?,15-,16+,17-,20+/m0/s1. The Morgan fingerprint density at radius 3 is 2.77 bits per heavy atom. The molecule has 0 spiro atoms. The van der Waals surface area contributed by atoms with E-state index in [0.717, 1.165) is 5.56 Å². The molecule has 1 aliphatic heterocycles. The molecule has 0 aliphatic carbocycles. The molecule has 35 heavy (non-hydrogen) atoms. The number of fused-ring (bicyclic) bond motifs is 1. The number of nitrogens with two attached hydrogens (primary N) is 1. The Bertz CT molecular complexity index is 1310. The molecule has 6 N–H and O–H groups in total. The summed E-state index contributed by atoms with van der Waals surface area (Å²) in [6.45, 7) is 2.19. The summed E-state index contributed by atoms with van der Waals surface area (Å²) in [4.78, 5) is 14.5. The summed E-state index contributed by atoms with van der Waals surface area (Å²) in [5, 5.41) is 46.3. The van der Waals surface area contributed by atoms with E-state index in [1.807, 2.05) is 25.1 Å². The van der Waals surface area contributed by atoms with Crippen LogP contribution in [0.1, 0.15) is 30.6 Å². The van der Waals surface area contributed by atoms with Crippen LogP contribution in [0, 0.1) is 0 Å². The zero-order valence-electron chi connectivity index (χ0n) is 18.9. The summed E-state index contributed by atoms with van der Waals surface area (Å²) < 4.78 is 7.44. The van der Waals surface area contributed by atoms with Crippen molar-refractivity contribution in [3.63, 3.8) is 0 Å². The van der Waals surface area contributed by atoms with Crippen molar-refractivity contribution in [1.29, 1.82) is 0 Å². The first kappa shape index (κ1) is 23.0. The molecule has 0 saturated carbocycles. The van der Waals surface area contributed by atoms with Crippen molar-refractivity contribution in [2.75, 3.05) is 17.7 Å². The van der Waals surface area contributed by atoms with Crippen LogP contribution in [0.4, 0.5) is 11.6 Å². The number of nitrogen functional groups attached to an aromatic ring is 1. The van der Waals surface area contributed by atoms with E-state index in [1.165, 1.54) is 21.9 Å². The lowest BCUT2D eigenvalue weighted by atomic mass is 10.0. The van der Waals surface area contributed by atoms with E-state index in [4.69, 9.17) is 10.5 Å². The second-order valence-electron chi connectivity index (χ2n) is 8.25. The Labute approximate surface area is 199 Å². The number of anilines is 2. The number of nitrogens with one attached hydrogen (secondary N) is 1. The van der Waals surface area contributed by atoms with E-state index < -0.39 is 24.5 Å². The first-order valence-electron chi connectivity index (χ1n) is 11.2. The number of imidazole rings is 1. The molecule has 1 unspecified atom stereocenters. The molecule has 1 fully saturated rings. The number of aromatic nitrogens is 8. The molecule has 1 saturated heterocycles. The van der Waals surface area contributed by atoms with Crippen LogP contribution in [0.2, 0.25) is 0 Å². The smallest absolute Gasteiger partial charge is 0.225 e. The van der Waals surface area contributed by atoms with Crippen molar-refractivity contribution < 1.29 is 20.1 Å². The van der Waals surface area contributed by atoms with E-state index >= 15 is 0 Å². The molecule has 184 valence electrons. The molecule has 5 atom stereocenters. The number of tetrazole rings is 1. The zero-order valence-corrected chi connectivity index (χ0v) is 18.9. The fraction of sp³-hybridized carbons (Fsp3) is 0.429. The van der Waals surface area contributed by atoms with Gasteiger partial charge in [-0.05, 0) is 30.2 Å². The average molecular weight is 483 g/mol. The predicted octanol–water partition coefficient (Wildman–Crippen LogP) is -0.578. The number of nitrogens with zero attached hydrogens (tertiary/aromatic N) is 8. The highest BCUT2D eigenvalue weighted by Gasteiger charge is 2.47. The Kier molecular flexibility index (Phi) is 6.25. The van der Waals surface area contributed by atoms with Gasteiger partial charge in [-0.3, -0.25) is 4.57 Å². The summed E-state index contributed by atoms with van der Waals surface area (Å²) in [6, 6.07) is 7.04. The maximum Gasteiger partial charge on any atom is 0.225 e. The number of ether oxygens (including phenoxy) is 1. The molecule has 1 aliphatic rings. The van der Waals surface area contributed by atoms with Gasteiger partial charge < -0.3 is 31.1 Å². The van der Waals surface area contributed by atoms with Crippen molar-refractivity contribution in [1.82, 2.24) is 39.7 Å². The molecule has 3 aromatic heterocycles. The number of hydrogen-bond acceptors (Lipinski definition) is 12. The Morgan fingerprint density at radius 2 is 2.03 bits per heavy atom. The van der Waals surface area contributed by atoms with E-state index in [0.29, 0.717) is 29.8 Å². The first-order valence-corrected chi connectivity index (χ1v) is 11.2. The number of hydrogen-bond donors (Lipinski definition) is 5. The molecular formula is C21H26N10O4. The van der Waals surface area contributed by atoms with Crippen LogP contribution in [-0.4, -0.2) is 79.9 Å². The van der Waals surface area contributed by atoms with E-state index in [9.17, 15) is 15.3 Å². The summed E-state index contributed by atoms with van der Waals surface area (Å²) in [5.74, 6) is 0.429. The second kappa shape index (κ2) is 9.50. The third-order valence-electron chi connectivity index (χ3n) is 5.91. The fourth-order valence-electron chi connectivity index (χ4n) is 4.02. The number of rotatable bonds is 8. The van der Waals surface area contributed by atoms with E-state index in [2.05, 4.69) is 35.7 Å². The van der Waals surface area contributed by atoms with Crippen LogP contribution in [0.3, 0.4) is 0 Å². The Balaban J connectivity index is 1.38. The molecule has 1 aromatic carbocycles. The van der Waals surface area contributed by atoms with Gasteiger partial charge in [-0.15, -0.1) is 10.2 Å². The summed E-state index contributed by atoms with van der Waals surface area (Å²) >= 11 is 0. The Morgan fingerprint density at radius 1 is 1.20 bits per heavy atom. The van der Waals surface area contributed by atoms with Gasteiger partial charge in [0.15, 0.2) is 18.0 Å². The minimum absolute atomic E-state index is 0.168. The highest BCUT2D eigenvalue weighted by atomic mass is 16.6. The third kappa shape index (κ3) is 4.39. The van der Waals surface area contributed by atoms with Crippen LogP contribution in [-0.2, 0) is 17.7 Å². The van der Waals surface area contributed by atoms with E-state index in [1.54, 1.807) is 6.07 Å². The van der Waals surface area contributed by atoms with Gasteiger partial charge in [0.1, 0.15) is 17.7 Å². The highest BCUT2D eigenvalue weighted by molar-refractivity contribution is 5.71. The van der Waals surface area contributed by atoms with Gasteiger partial charge in [-0.2, -0.15) is 9.78 Å². The van der Waals surface area contributed by atoms with Gasteiger partial charge in [0.05, 0.1) is 31.7 Å².